The van der Waals surface area contributed by atoms with Gasteiger partial charge in [-0.2, -0.15) is 0 Å². The van der Waals surface area contributed by atoms with Gasteiger partial charge in [-0.05, 0) is 38.8 Å². The predicted octanol–water partition coefficient (Wildman–Crippen LogP) is 5.42. The molecule has 1 N–H and O–H groups in total. The van der Waals surface area contributed by atoms with Crippen LogP contribution in [0, 0.1) is 13.8 Å². The fourth-order valence-corrected chi connectivity index (χ4v) is 6.19. The molecule has 162 valence electrons. The van der Waals surface area contributed by atoms with E-state index in [0.29, 0.717) is 29.4 Å². The molecule has 3 aromatic heterocycles. The van der Waals surface area contributed by atoms with Gasteiger partial charge < -0.3 is 10.2 Å². The van der Waals surface area contributed by atoms with E-state index in [-0.39, 0.29) is 30.8 Å². The van der Waals surface area contributed by atoms with Crippen molar-refractivity contribution in [3.8, 4) is 10.6 Å². The lowest BCUT2D eigenvalue weighted by molar-refractivity contribution is -0.0735. The van der Waals surface area contributed by atoms with E-state index in [1.165, 1.54) is 17.5 Å². The first-order chi connectivity index (χ1) is 14.8. The van der Waals surface area contributed by atoms with Crippen molar-refractivity contribution in [3.63, 3.8) is 0 Å². The van der Waals surface area contributed by atoms with E-state index in [4.69, 9.17) is 0 Å². The average molecular weight is 462 g/mol. The summed E-state index contributed by atoms with van der Waals surface area (Å²) < 4.78 is 27.6. The molecule has 0 radical (unpaired) electrons. The number of amides is 1. The largest absolute Gasteiger partial charge is 0.332 e. The number of pyridine rings is 1. The molecule has 2 fully saturated rings. The lowest BCUT2D eigenvalue weighted by Gasteiger charge is -2.38. The molecule has 0 aliphatic carbocycles. The van der Waals surface area contributed by atoms with E-state index >= 15 is 0 Å². The van der Waals surface area contributed by atoms with Crippen LogP contribution >= 0.6 is 22.7 Å². The third kappa shape index (κ3) is 3.94. The molecular formula is C21H21F2N5OS2. The Labute approximate surface area is 186 Å². The molecule has 2 atom stereocenters. The summed E-state index contributed by atoms with van der Waals surface area (Å²) in [5.74, 6) is -2.31. The first-order valence-corrected chi connectivity index (χ1v) is 11.8. The van der Waals surface area contributed by atoms with Gasteiger partial charge in [0.2, 0.25) is 0 Å². The van der Waals surface area contributed by atoms with Crippen molar-refractivity contribution >= 4 is 39.5 Å². The summed E-state index contributed by atoms with van der Waals surface area (Å²) in [6, 6.07) is 2.64. The quantitative estimate of drug-likeness (QED) is 0.561. The van der Waals surface area contributed by atoms with Crippen LogP contribution in [-0.2, 0) is 0 Å². The molecule has 31 heavy (non-hydrogen) atoms. The number of carbonyl (C=O) groups is 1. The third-order valence-corrected chi connectivity index (χ3v) is 7.66. The van der Waals surface area contributed by atoms with Crippen LogP contribution in [-0.4, -0.2) is 43.8 Å². The highest BCUT2D eigenvalue weighted by atomic mass is 32.1. The van der Waals surface area contributed by atoms with Gasteiger partial charge in [-0.25, -0.2) is 23.7 Å². The van der Waals surface area contributed by atoms with Crippen molar-refractivity contribution in [2.24, 2.45) is 0 Å². The highest BCUT2D eigenvalue weighted by molar-refractivity contribution is 7.16. The molecule has 0 saturated carbocycles. The Morgan fingerprint density at radius 2 is 1.94 bits per heavy atom. The number of hydrogen-bond acceptors (Lipinski definition) is 7. The Balaban J connectivity index is 1.28. The first kappa shape index (κ1) is 20.4. The minimum absolute atomic E-state index is 0.213. The molecule has 2 aliphatic rings. The highest BCUT2D eigenvalue weighted by Crippen LogP contribution is 2.44. The summed E-state index contributed by atoms with van der Waals surface area (Å²) in [6.07, 6.45) is 2.30. The molecule has 0 spiro atoms. The summed E-state index contributed by atoms with van der Waals surface area (Å²) in [5, 5.41) is 6.84. The van der Waals surface area contributed by atoms with Crippen LogP contribution < -0.4 is 5.32 Å². The number of nitrogens with zero attached hydrogens (tertiary/aromatic N) is 4. The molecule has 0 unspecified atom stereocenters. The van der Waals surface area contributed by atoms with Gasteiger partial charge in [0.25, 0.3) is 11.8 Å². The van der Waals surface area contributed by atoms with Crippen LogP contribution in [0.4, 0.5) is 19.7 Å². The van der Waals surface area contributed by atoms with E-state index < -0.39 is 5.92 Å². The second kappa shape index (κ2) is 7.59. The van der Waals surface area contributed by atoms with E-state index in [0.717, 1.165) is 21.3 Å². The van der Waals surface area contributed by atoms with Crippen LogP contribution in [0.1, 0.15) is 46.7 Å². The van der Waals surface area contributed by atoms with Crippen LogP contribution in [0.5, 0.6) is 0 Å². The summed E-state index contributed by atoms with van der Waals surface area (Å²) in [4.78, 5) is 29.0. The maximum absolute atomic E-state index is 13.8. The minimum atomic E-state index is -2.67. The smallest absolute Gasteiger partial charge is 0.255 e. The number of aryl methyl sites for hydroxylation is 2. The van der Waals surface area contributed by atoms with Crippen LogP contribution in [0.25, 0.3) is 10.6 Å². The standard InChI is InChI=1S/C21H21F2N5OS2/c1-11-18(31-12(2)25-11)16-10-30-20(26-16)27-17-6-3-13(9-24-17)19(29)28-14-4-5-15(28)8-21(22,23)7-14/h3,6,9-10,14-15H,4-5,7-8H2,1-2H3,(H,24,26,27)/t14-,15+. The number of fused-ring (bicyclic) bond motifs is 2. The van der Waals surface area contributed by atoms with Crippen molar-refractivity contribution in [1.82, 2.24) is 19.9 Å². The maximum atomic E-state index is 13.8. The zero-order valence-corrected chi connectivity index (χ0v) is 18.7. The van der Waals surface area contributed by atoms with Crippen molar-refractivity contribution in [1.29, 1.82) is 0 Å². The van der Waals surface area contributed by atoms with E-state index in [1.807, 2.05) is 19.2 Å². The number of halogens is 2. The van der Waals surface area contributed by atoms with Crippen molar-refractivity contribution < 1.29 is 13.6 Å². The maximum Gasteiger partial charge on any atom is 0.255 e. The molecular weight excluding hydrogens is 440 g/mol. The molecule has 2 saturated heterocycles. The number of carbonyl (C=O) groups excluding carboxylic acids is 1. The second-order valence-corrected chi connectivity index (χ2v) is 10.2. The van der Waals surface area contributed by atoms with Crippen molar-refractivity contribution in [3.05, 3.63) is 40.0 Å². The summed E-state index contributed by atoms with van der Waals surface area (Å²) >= 11 is 3.08. The Kier molecular flexibility index (Phi) is 5.01. The van der Waals surface area contributed by atoms with Gasteiger partial charge in [0.05, 0.1) is 26.8 Å². The topological polar surface area (TPSA) is 71.0 Å². The second-order valence-electron chi connectivity index (χ2n) is 8.10. The average Bonchev–Trinajstić information content (AvgIpc) is 3.38. The van der Waals surface area contributed by atoms with Crippen LogP contribution in [0.15, 0.2) is 23.7 Å². The van der Waals surface area contributed by atoms with E-state index in [1.54, 1.807) is 28.4 Å². The Morgan fingerprint density at radius 1 is 1.19 bits per heavy atom. The van der Waals surface area contributed by atoms with Crippen molar-refractivity contribution in [2.75, 3.05) is 5.32 Å². The van der Waals surface area contributed by atoms with Gasteiger partial charge in [0, 0.05) is 36.5 Å². The summed E-state index contributed by atoms with van der Waals surface area (Å²) in [6.45, 7) is 3.94. The number of hydrogen-bond donors (Lipinski definition) is 1. The normalized spacial score (nSPS) is 22.0. The number of anilines is 2. The predicted molar refractivity (Wildman–Crippen MR) is 117 cm³/mol. The SMILES string of the molecule is Cc1nc(C)c(-c2csc(Nc3ccc(C(=O)N4[C@@H]5CC[C@H]4CC(F)(F)C5)cn3)n2)s1. The molecule has 0 aromatic carbocycles. The van der Waals surface area contributed by atoms with E-state index in [9.17, 15) is 13.6 Å². The number of nitrogens with one attached hydrogen (secondary N) is 1. The number of thiazole rings is 2. The van der Waals surface area contributed by atoms with Crippen LogP contribution in [0.3, 0.4) is 0 Å². The molecule has 5 rings (SSSR count). The Morgan fingerprint density at radius 3 is 2.55 bits per heavy atom. The van der Waals surface area contributed by atoms with Crippen molar-refractivity contribution in [2.45, 2.75) is 57.5 Å². The number of alkyl halides is 2. The molecule has 1 amide bonds. The van der Waals surface area contributed by atoms with Crippen LogP contribution in [0.2, 0.25) is 0 Å². The number of rotatable bonds is 4. The lowest BCUT2D eigenvalue weighted by atomic mass is 9.98. The van der Waals surface area contributed by atoms with Gasteiger partial charge in [0.1, 0.15) is 5.82 Å². The van der Waals surface area contributed by atoms with Gasteiger partial charge in [-0.3, -0.25) is 4.79 Å². The third-order valence-electron chi connectivity index (χ3n) is 5.81. The Bertz CT molecular complexity index is 1110. The van der Waals surface area contributed by atoms with Gasteiger partial charge in [0.15, 0.2) is 5.13 Å². The van der Waals surface area contributed by atoms with Gasteiger partial charge in [-0.1, -0.05) is 0 Å². The fourth-order valence-electron chi connectivity index (χ4n) is 4.52. The molecule has 6 nitrogen and oxygen atoms in total. The fraction of sp³-hybridized carbons (Fsp3) is 0.429. The summed E-state index contributed by atoms with van der Waals surface area (Å²) in [5.41, 5.74) is 2.26. The molecule has 3 aromatic rings. The Hall–Kier alpha value is -2.46. The minimum Gasteiger partial charge on any atom is -0.332 e. The molecule has 10 heteroatoms. The zero-order valence-electron chi connectivity index (χ0n) is 17.1. The van der Waals surface area contributed by atoms with E-state index in [2.05, 4.69) is 20.3 Å². The van der Waals surface area contributed by atoms with Gasteiger partial charge >= 0.3 is 0 Å². The number of aromatic nitrogens is 3. The zero-order chi connectivity index (χ0) is 21.8. The molecule has 2 aliphatic heterocycles. The summed E-state index contributed by atoms with van der Waals surface area (Å²) in [7, 11) is 0. The van der Waals surface area contributed by atoms with Gasteiger partial charge in [-0.15, -0.1) is 22.7 Å². The number of piperidine rings is 1. The first-order valence-electron chi connectivity index (χ1n) is 10.1. The lowest BCUT2D eigenvalue weighted by Crippen LogP contribution is -2.50. The monoisotopic (exact) mass is 461 g/mol. The molecule has 5 heterocycles. The molecule has 2 bridgehead atoms. The highest BCUT2D eigenvalue weighted by Gasteiger charge is 2.51.